The molecule has 0 heterocycles. The molecular formula is C14H15N2O3S-. The van der Waals surface area contributed by atoms with Gasteiger partial charge in [0, 0.05) is 16.7 Å². The predicted molar refractivity (Wildman–Crippen MR) is 78.6 cm³/mol. The molecule has 0 aliphatic carbocycles. The van der Waals surface area contributed by atoms with Crippen LogP contribution in [0.2, 0.25) is 0 Å². The van der Waals surface area contributed by atoms with Crippen molar-refractivity contribution in [1.29, 1.82) is 0 Å². The third-order valence-corrected chi connectivity index (χ3v) is 3.94. The van der Waals surface area contributed by atoms with Crippen molar-refractivity contribution >= 4 is 33.6 Å². The summed E-state index contributed by atoms with van der Waals surface area (Å²) in [4.78, 5) is 11.5. The van der Waals surface area contributed by atoms with Gasteiger partial charge in [-0.1, -0.05) is 43.3 Å². The van der Waals surface area contributed by atoms with Crippen molar-refractivity contribution < 1.29 is 13.6 Å². The van der Waals surface area contributed by atoms with Gasteiger partial charge >= 0.3 is 0 Å². The van der Waals surface area contributed by atoms with E-state index in [1.165, 1.54) is 0 Å². The quantitative estimate of drug-likeness (QED) is 0.851. The van der Waals surface area contributed by atoms with Gasteiger partial charge in [0.2, 0.25) is 5.91 Å². The monoisotopic (exact) mass is 291 g/mol. The maximum atomic E-state index is 11.6. The average molecular weight is 291 g/mol. The van der Waals surface area contributed by atoms with Gasteiger partial charge in [-0.15, -0.1) is 0 Å². The van der Waals surface area contributed by atoms with Gasteiger partial charge in [-0.2, -0.15) is 0 Å². The molecule has 2 unspecified atom stereocenters. The topological polar surface area (TPSA) is 86.5 Å². The molecule has 2 aromatic carbocycles. The minimum absolute atomic E-state index is 0.312. The van der Waals surface area contributed by atoms with Crippen LogP contribution in [-0.4, -0.2) is 20.7 Å². The summed E-state index contributed by atoms with van der Waals surface area (Å²) < 4.78 is 24.2. The van der Waals surface area contributed by atoms with Crippen LogP contribution in [0, 0.1) is 0 Å². The van der Waals surface area contributed by atoms with E-state index in [1.54, 1.807) is 19.1 Å². The van der Waals surface area contributed by atoms with Crippen molar-refractivity contribution in [3.8, 4) is 0 Å². The van der Waals surface area contributed by atoms with Crippen molar-refractivity contribution in [2.75, 3.05) is 4.31 Å². The Kier molecular flexibility index (Phi) is 4.36. The van der Waals surface area contributed by atoms with Crippen LogP contribution in [0.5, 0.6) is 0 Å². The van der Waals surface area contributed by atoms with Crippen molar-refractivity contribution in [1.82, 2.24) is 0 Å². The van der Waals surface area contributed by atoms with E-state index in [9.17, 15) is 13.6 Å². The minimum atomic E-state index is -2.58. The maximum Gasteiger partial charge on any atom is 0.241 e. The van der Waals surface area contributed by atoms with Gasteiger partial charge in [-0.25, -0.2) is 0 Å². The minimum Gasteiger partial charge on any atom is -0.755 e. The molecule has 0 aliphatic rings. The number of primary amides is 1. The fraction of sp³-hybridized carbons (Fsp3) is 0.214. The summed E-state index contributed by atoms with van der Waals surface area (Å²) in [5.74, 6) is -0.662. The summed E-state index contributed by atoms with van der Waals surface area (Å²) >= 11 is -2.58. The standard InChI is InChI=1S/C14H16N2O3S/c1-2-12(14(15)17)16(20(18)19)13-9-5-7-10-6-3-4-8-11(10)13/h3-9,12H,2H2,1H3,(H2,15,17)(H,18,19)/p-1. The lowest BCUT2D eigenvalue weighted by atomic mass is 10.1. The molecule has 2 rings (SSSR count). The van der Waals surface area contributed by atoms with E-state index in [-0.39, 0.29) is 0 Å². The fourth-order valence-corrected chi connectivity index (χ4v) is 3.02. The number of nitrogens with zero attached hydrogens (tertiary/aromatic N) is 1. The van der Waals surface area contributed by atoms with E-state index < -0.39 is 23.2 Å². The van der Waals surface area contributed by atoms with E-state index >= 15 is 0 Å². The molecule has 0 spiro atoms. The first-order valence-corrected chi connectivity index (χ1v) is 7.25. The Balaban J connectivity index is 2.63. The molecule has 0 aliphatic heterocycles. The predicted octanol–water partition coefficient (Wildman–Crippen LogP) is 1.70. The largest absolute Gasteiger partial charge is 0.755 e. The number of benzene rings is 2. The molecule has 6 heteroatoms. The highest BCUT2D eigenvalue weighted by molar-refractivity contribution is 7.80. The number of fused-ring (bicyclic) bond motifs is 1. The highest BCUT2D eigenvalue weighted by atomic mass is 32.2. The number of rotatable bonds is 5. The van der Waals surface area contributed by atoms with E-state index in [0.717, 1.165) is 15.1 Å². The van der Waals surface area contributed by atoms with Crippen LogP contribution in [0.25, 0.3) is 10.8 Å². The summed E-state index contributed by atoms with van der Waals surface area (Å²) in [5, 5.41) is 1.67. The van der Waals surface area contributed by atoms with Crippen molar-refractivity contribution in [3.63, 3.8) is 0 Å². The SMILES string of the molecule is CCC(C(N)=O)N(c1cccc2ccccc12)S(=O)[O-]. The Labute approximate surface area is 119 Å². The molecule has 106 valence electrons. The van der Waals surface area contributed by atoms with Gasteiger partial charge in [0.1, 0.15) is 6.04 Å². The highest BCUT2D eigenvalue weighted by Crippen LogP contribution is 2.29. The van der Waals surface area contributed by atoms with Gasteiger partial charge in [-0.05, 0) is 17.9 Å². The number of hydrogen-bond acceptors (Lipinski definition) is 3. The third-order valence-electron chi connectivity index (χ3n) is 3.16. The summed E-state index contributed by atoms with van der Waals surface area (Å²) in [6.07, 6.45) is 0.312. The molecule has 2 aromatic rings. The molecule has 0 bridgehead atoms. The molecule has 0 fully saturated rings. The van der Waals surface area contributed by atoms with Gasteiger partial charge in [0.05, 0.1) is 5.69 Å². The zero-order valence-corrected chi connectivity index (χ0v) is 11.8. The van der Waals surface area contributed by atoms with E-state index in [4.69, 9.17) is 5.73 Å². The molecule has 20 heavy (non-hydrogen) atoms. The van der Waals surface area contributed by atoms with Crippen LogP contribution in [-0.2, 0) is 16.1 Å². The number of carbonyl (C=O) groups is 1. The van der Waals surface area contributed by atoms with Crippen LogP contribution < -0.4 is 10.0 Å². The number of hydrogen-bond donors (Lipinski definition) is 1. The summed E-state index contributed by atoms with van der Waals surface area (Å²) in [7, 11) is 0. The Morgan fingerprint density at radius 3 is 2.55 bits per heavy atom. The maximum absolute atomic E-state index is 11.6. The summed E-state index contributed by atoms with van der Waals surface area (Å²) in [5.41, 5.74) is 5.77. The van der Waals surface area contributed by atoms with E-state index in [0.29, 0.717) is 12.1 Å². The average Bonchev–Trinajstić information content (AvgIpc) is 2.43. The number of carbonyl (C=O) groups excluding carboxylic acids is 1. The Morgan fingerprint density at radius 1 is 1.30 bits per heavy atom. The van der Waals surface area contributed by atoms with Crippen LogP contribution in [0.4, 0.5) is 5.69 Å². The Hall–Kier alpha value is -1.92. The van der Waals surface area contributed by atoms with Gasteiger partial charge in [0.25, 0.3) is 0 Å². The van der Waals surface area contributed by atoms with Crippen molar-refractivity contribution in [2.45, 2.75) is 19.4 Å². The van der Waals surface area contributed by atoms with Gasteiger partial charge in [0.15, 0.2) is 0 Å². The smallest absolute Gasteiger partial charge is 0.241 e. The summed E-state index contributed by atoms with van der Waals surface area (Å²) in [6.45, 7) is 1.72. The fourth-order valence-electron chi connectivity index (χ4n) is 2.24. The summed E-state index contributed by atoms with van der Waals surface area (Å²) in [6, 6.07) is 11.8. The lowest BCUT2D eigenvalue weighted by Gasteiger charge is -2.33. The zero-order valence-electron chi connectivity index (χ0n) is 11.0. The molecule has 5 nitrogen and oxygen atoms in total. The second kappa shape index (κ2) is 6.02. The van der Waals surface area contributed by atoms with Crippen LogP contribution in [0.15, 0.2) is 42.5 Å². The van der Waals surface area contributed by atoms with Crippen LogP contribution in [0.3, 0.4) is 0 Å². The molecule has 1 amide bonds. The van der Waals surface area contributed by atoms with E-state index in [2.05, 4.69) is 0 Å². The molecule has 2 atom stereocenters. The first-order valence-electron chi connectivity index (χ1n) is 6.22. The molecule has 0 saturated carbocycles. The molecule has 0 radical (unpaired) electrons. The molecular weight excluding hydrogens is 276 g/mol. The van der Waals surface area contributed by atoms with Crippen LogP contribution >= 0.6 is 0 Å². The zero-order chi connectivity index (χ0) is 14.7. The molecule has 0 saturated heterocycles. The molecule has 2 N–H and O–H groups in total. The number of anilines is 1. The van der Waals surface area contributed by atoms with Crippen molar-refractivity contribution in [3.05, 3.63) is 42.5 Å². The second-order valence-electron chi connectivity index (χ2n) is 4.37. The van der Waals surface area contributed by atoms with Crippen molar-refractivity contribution in [2.24, 2.45) is 5.73 Å². The number of amides is 1. The molecule has 0 aromatic heterocycles. The number of nitrogens with two attached hydrogens (primary N) is 1. The lowest BCUT2D eigenvalue weighted by Crippen LogP contribution is -2.45. The van der Waals surface area contributed by atoms with Gasteiger partial charge < -0.3 is 10.3 Å². The van der Waals surface area contributed by atoms with Gasteiger partial charge in [-0.3, -0.25) is 13.3 Å². The van der Waals surface area contributed by atoms with E-state index in [1.807, 2.05) is 30.3 Å². The second-order valence-corrected chi connectivity index (χ2v) is 5.20. The Bertz CT molecular complexity index is 654. The lowest BCUT2D eigenvalue weighted by molar-refractivity contribution is -0.119. The first-order chi connectivity index (χ1) is 9.56. The first kappa shape index (κ1) is 14.5. The van der Waals surface area contributed by atoms with Crippen LogP contribution in [0.1, 0.15) is 13.3 Å². The third kappa shape index (κ3) is 2.66. The Morgan fingerprint density at radius 2 is 1.95 bits per heavy atom. The highest BCUT2D eigenvalue weighted by Gasteiger charge is 2.24. The normalized spacial score (nSPS) is 13.9.